The molecule has 0 amide bonds. The van der Waals surface area contributed by atoms with Crippen LogP contribution in [0.2, 0.25) is 0 Å². The molecule has 1 radical (unpaired) electrons. The molecule has 1 atom stereocenters. The summed E-state index contributed by atoms with van der Waals surface area (Å²) in [5.74, 6) is 0.656. The van der Waals surface area contributed by atoms with Crippen molar-refractivity contribution >= 4 is 0 Å². The summed E-state index contributed by atoms with van der Waals surface area (Å²) in [5.41, 5.74) is 2.47. The molecule has 1 unspecified atom stereocenters. The lowest BCUT2D eigenvalue weighted by Crippen LogP contribution is -1.90. The van der Waals surface area contributed by atoms with Crippen molar-refractivity contribution in [3.05, 3.63) is 48.0 Å². The molecular formula is C12H15. The highest BCUT2D eigenvalue weighted by molar-refractivity contribution is 5.27. The molecule has 0 heteroatoms. The molecule has 0 aliphatic carbocycles. The van der Waals surface area contributed by atoms with Crippen LogP contribution >= 0.6 is 0 Å². The lowest BCUT2D eigenvalue weighted by Gasteiger charge is -2.08. The summed E-state index contributed by atoms with van der Waals surface area (Å²) >= 11 is 0. The third-order valence-electron chi connectivity index (χ3n) is 2.30. The van der Waals surface area contributed by atoms with Crippen LogP contribution in [-0.4, -0.2) is 0 Å². The maximum Gasteiger partial charge on any atom is -0.0183 e. The second kappa shape index (κ2) is 4.10. The first-order valence-corrected chi connectivity index (χ1v) is 4.41. The van der Waals surface area contributed by atoms with Gasteiger partial charge in [0, 0.05) is 0 Å². The number of benzene rings is 1. The third-order valence-corrected chi connectivity index (χ3v) is 2.30. The Morgan fingerprint density at radius 1 is 1.33 bits per heavy atom. The van der Waals surface area contributed by atoms with Gasteiger partial charge in [-0.25, -0.2) is 0 Å². The second-order valence-corrected chi connectivity index (χ2v) is 3.11. The van der Waals surface area contributed by atoms with Crippen molar-refractivity contribution < 1.29 is 0 Å². The van der Waals surface area contributed by atoms with Gasteiger partial charge < -0.3 is 0 Å². The standard InChI is InChI=1S/C12H15/c1-4-10(3)12-8-6-11(5-2)7-9-12/h6-10H,2,4H2,1,3H3. The Hall–Kier alpha value is -1.04. The monoisotopic (exact) mass is 159 g/mol. The molecule has 63 valence electrons. The van der Waals surface area contributed by atoms with Gasteiger partial charge in [-0.2, -0.15) is 0 Å². The van der Waals surface area contributed by atoms with Crippen LogP contribution in [-0.2, 0) is 0 Å². The Morgan fingerprint density at radius 2 is 1.92 bits per heavy atom. The topological polar surface area (TPSA) is 0 Å². The molecule has 0 bridgehead atoms. The van der Waals surface area contributed by atoms with Crippen molar-refractivity contribution in [1.82, 2.24) is 0 Å². The normalized spacial score (nSPS) is 12.5. The van der Waals surface area contributed by atoms with Crippen molar-refractivity contribution in [3.63, 3.8) is 0 Å². The first kappa shape index (κ1) is 9.05. The van der Waals surface area contributed by atoms with E-state index in [1.165, 1.54) is 12.0 Å². The van der Waals surface area contributed by atoms with Crippen LogP contribution in [0.4, 0.5) is 0 Å². The van der Waals surface area contributed by atoms with E-state index in [4.69, 9.17) is 0 Å². The van der Waals surface area contributed by atoms with Crippen LogP contribution in [0, 0.1) is 6.08 Å². The summed E-state index contributed by atoms with van der Waals surface area (Å²) < 4.78 is 0. The van der Waals surface area contributed by atoms with Crippen molar-refractivity contribution in [3.8, 4) is 0 Å². The van der Waals surface area contributed by atoms with E-state index >= 15 is 0 Å². The molecule has 0 aliphatic heterocycles. The molecule has 0 nitrogen and oxygen atoms in total. The highest BCUT2D eigenvalue weighted by Gasteiger charge is 2.00. The molecule has 1 aromatic rings. The van der Waals surface area contributed by atoms with Gasteiger partial charge in [0.05, 0.1) is 0 Å². The highest BCUT2D eigenvalue weighted by Crippen LogP contribution is 2.18. The van der Waals surface area contributed by atoms with Crippen LogP contribution in [0.1, 0.15) is 37.3 Å². The van der Waals surface area contributed by atoms with Gasteiger partial charge in [-0.1, -0.05) is 44.7 Å². The van der Waals surface area contributed by atoms with Crippen LogP contribution in [0.15, 0.2) is 30.8 Å². The molecule has 1 aromatic carbocycles. The highest BCUT2D eigenvalue weighted by atomic mass is 14.1. The van der Waals surface area contributed by atoms with E-state index < -0.39 is 0 Å². The Kier molecular flexibility index (Phi) is 3.09. The maximum atomic E-state index is 3.60. The Labute approximate surface area is 74.9 Å². The minimum Gasteiger partial charge on any atom is -0.0906 e. The van der Waals surface area contributed by atoms with Crippen LogP contribution in [0.25, 0.3) is 0 Å². The van der Waals surface area contributed by atoms with E-state index in [1.54, 1.807) is 0 Å². The zero-order chi connectivity index (χ0) is 8.97. The maximum absolute atomic E-state index is 3.60. The zero-order valence-corrected chi connectivity index (χ0v) is 7.80. The molecule has 0 aromatic heterocycles. The average molecular weight is 159 g/mol. The summed E-state index contributed by atoms with van der Waals surface area (Å²) in [6.45, 7) is 8.05. The molecule has 12 heavy (non-hydrogen) atoms. The molecule has 0 aliphatic rings. The van der Waals surface area contributed by atoms with Crippen molar-refractivity contribution in [1.29, 1.82) is 0 Å². The van der Waals surface area contributed by atoms with Crippen LogP contribution in [0.3, 0.4) is 0 Å². The van der Waals surface area contributed by atoms with Gasteiger partial charge in [-0.05, 0) is 29.5 Å². The summed E-state index contributed by atoms with van der Waals surface area (Å²) in [7, 11) is 0. The molecule has 0 saturated carbocycles. The largest absolute Gasteiger partial charge is 0.0906 e. The summed E-state index contributed by atoms with van der Waals surface area (Å²) in [6, 6.07) is 8.44. The summed E-state index contributed by atoms with van der Waals surface area (Å²) in [5, 5.41) is 0. The Morgan fingerprint density at radius 3 is 2.33 bits per heavy atom. The predicted molar refractivity (Wildman–Crippen MR) is 53.1 cm³/mol. The Balaban J connectivity index is 2.84. The first-order valence-electron chi connectivity index (χ1n) is 4.41. The molecule has 0 N–H and O–H groups in total. The fourth-order valence-corrected chi connectivity index (χ4v) is 1.17. The van der Waals surface area contributed by atoms with E-state index in [0.29, 0.717) is 5.92 Å². The van der Waals surface area contributed by atoms with Gasteiger partial charge in [0.15, 0.2) is 0 Å². The second-order valence-electron chi connectivity index (χ2n) is 3.11. The van der Waals surface area contributed by atoms with Gasteiger partial charge in [0.1, 0.15) is 0 Å². The lowest BCUT2D eigenvalue weighted by atomic mass is 9.98. The number of hydrogen-bond acceptors (Lipinski definition) is 0. The average Bonchev–Trinajstić information content (AvgIpc) is 2.17. The first-order chi connectivity index (χ1) is 5.77. The lowest BCUT2D eigenvalue weighted by molar-refractivity contribution is 0.733. The van der Waals surface area contributed by atoms with E-state index in [1.807, 2.05) is 0 Å². The van der Waals surface area contributed by atoms with Crippen LogP contribution < -0.4 is 0 Å². The fourth-order valence-electron chi connectivity index (χ4n) is 1.17. The van der Waals surface area contributed by atoms with Crippen molar-refractivity contribution in [2.75, 3.05) is 0 Å². The van der Waals surface area contributed by atoms with Gasteiger partial charge in [0.25, 0.3) is 0 Å². The van der Waals surface area contributed by atoms with Gasteiger partial charge in [-0.15, -0.1) is 0 Å². The van der Waals surface area contributed by atoms with E-state index in [0.717, 1.165) is 5.56 Å². The predicted octanol–water partition coefficient (Wildman–Crippen LogP) is 3.54. The minimum absolute atomic E-state index is 0.656. The van der Waals surface area contributed by atoms with Crippen molar-refractivity contribution in [2.45, 2.75) is 26.2 Å². The molecule has 0 saturated heterocycles. The van der Waals surface area contributed by atoms with E-state index in [2.05, 4.69) is 50.8 Å². The Bertz CT molecular complexity index is 243. The molecule has 0 fully saturated rings. The SMILES string of the molecule is C=[C]c1ccc(C(C)CC)cc1. The minimum atomic E-state index is 0.656. The van der Waals surface area contributed by atoms with Gasteiger partial charge in [0.2, 0.25) is 0 Å². The third kappa shape index (κ3) is 1.97. The van der Waals surface area contributed by atoms with E-state index in [9.17, 15) is 0 Å². The zero-order valence-electron chi connectivity index (χ0n) is 7.80. The number of rotatable bonds is 3. The van der Waals surface area contributed by atoms with Crippen LogP contribution in [0.5, 0.6) is 0 Å². The fraction of sp³-hybridized carbons (Fsp3) is 0.333. The number of hydrogen-bond donors (Lipinski definition) is 0. The smallest absolute Gasteiger partial charge is 0.0183 e. The van der Waals surface area contributed by atoms with Crippen molar-refractivity contribution in [2.24, 2.45) is 0 Å². The van der Waals surface area contributed by atoms with E-state index in [-0.39, 0.29) is 0 Å². The summed E-state index contributed by atoms with van der Waals surface area (Å²) in [4.78, 5) is 0. The van der Waals surface area contributed by atoms with Gasteiger partial charge >= 0.3 is 0 Å². The molecular weight excluding hydrogens is 144 g/mol. The summed E-state index contributed by atoms with van der Waals surface area (Å²) in [6.07, 6.45) is 4.05. The molecule has 0 spiro atoms. The van der Waals surface area contributed by atoms with Gasteiger partial charge in [-0.3, -0.25) is 0 Å². The molecule has 0 heterocycles. The quantitative estimate of drug-likeness (QED) is 0.632. The molecule has 1 rings (SSSR count).